The van der Waals surface area contributed by atoms with Crippen LogP contribution in [0.1, 0.15) is 44.9 Å². The molecule has 4 bridgehead atoms. The van der Waals surface area contributed by atoms with Gasteiger partial charge in [-0.1, -0.05) is 11.6 Å². The first-order valence-corrected chi connectivity index (χ1v) is 11.4. The molecular formula is C25H25ClN2O2. The Morgan fingerprint density at radius 3 is 2.37 bits per heavy atom. The molecule has 4 saturated carbocycles. The van der Waals surface area contributed by atoms with E-state index in [1.807, 2.05) is 42.5 Å². The number of carbonyl (C=O) groups excluding carboxylic acids is 1. The number of rotatable bonds is 4. The predicted octanol–water partition coefficient (Wildman–Crippen LogP) is 6.69. The number of hydrogen-bond donors (Lipinski definition) is 1. The van der Waals surface area contributed by atoms with Gasteiger partial charge in [0.25, 0.3) is 0 Å². The van der Waals surface area contributed by atoms with Crippen molar-refractivity contribution in [1.82, 2.24) is 4.98 Å². The van der Waals surface area contributed by atoms with E-state index in [2.05, 4.69) is 10.3 Å². The number of benzene rings is 2. The van der Waals surface area contributed by atoms with E-state index in [4.69, 9.17) is 16.0 Å². The molecule has 1 amide bonds. The van der Waals surface area contributed by atoms with Gasteiger partial charge in [0.1, 0.15) is 5.52 Å². The van der Waals surface area contributed by atoms with Crippen LogP contribution < -0.4 is 5.32 Å². The fraction of sp³-hybridized carbons (Fsp3) is 0.440. The fourth-order valence-electron chi connectivity index (χ4n) is 6.77. The molecule has 3 aromatic rings. The number of aromatic nitrogens is 1. The zero-order valence-corrected chi connectivity index (χ0v) is 17.6. The maximum absolute atomic E-state index is 12.9. The molecular weight excluding hydrogens is 396 g/mol. The minimum Gasteiger partial charge on any atom is -0.436 e. The highest BCUT2D eigenvalue weighted by atomic mass is 35.5. The molecule has 0 atom stereocenters. The van der Waals surface area contributed by atoms with Crippen molar-refractivity contribution in [2.75, 3.05) is 5.32 Å². The number of nitrogens with zero attached hydrogens (tertiary/aromatic N) is 1. The van der Waals surface area contributed by atoms with E-state index >= 15 is 0 Å². The van der Waals surface area contributed by atoms with Crippen molar-refractivity contribution >= 4 is 34.3 Å². The van der Waals surface area contributed by atoms with Gasteiger partial charge in [-0.25, -0.2) is 4.98 Å². The summed E-state index contributed by atoms with van der Waals surface area (Å²) in [6.07, 6.45) is 8.61. The summed E-state index contributed by atoms with van der Waals surface area (Å²) in [7, 11) is 0. The number of hydrogen-bond acceptors (Lipinski definition) is 3. The van der Waals surface area contributed by atoms with Crippen molar-refractivity contribution in [2.24, 2.45) is 23.2 Å². The van der Waals surface area contributed by atoms with Crippen LogP contribution >= 0.6 is 11.6 Å². The van der Waals surface area contributed by atoms with Gasteiger partial charge in [-0.15, -0.1) is 0 Å². The Bertz CT molecular complexity index is 1080. The number of halogens is 1. The Labute approximate surface area is 181 Å². The molecule has 7 rings (SSSR count). The maximum atomic E-state index is 12.9. The Hall–Kier alpha value is -2.33. The van der Waals surface area contributed by atoms with Crippen molar-refractivity contribution in [3.63, 3.8) is 0 Å². The lowest BCUT2D eigenvalue weighted by Gasteiger charge is -2.56. The second-order valence-corrected chi connectivity index (χ2v) is 10.3. The highest BCUT2D eigenvalue weighted by molar-refractivity contribution is 6.30. The molecule has 1 heterocycles. The third-order valence-corrected chi connectivity index (χ3v) is 7.72. The topological polar surface area (TPSA) is 55.1 Å². The van der Waals surface area contributed by atoms with E-state index < -0.39 is 0 Å². The summed E-state index contributed by atoms with van der Waals surface area (Å²) in [5.74, 6) is 3.28. The number of fused-ring (bicyclic) bond motifs is 1. The van der Waals surface area contributed by atoms with Gasteiger partial charge in [0, 0.05) is 22.7 Å². The Balaban J connectivity index is 1.19. The van der Waals surface area contributed by atoms with Crippen molar-refractivity contribution < 1.29 is 9.21 Å². The molecule has 5 heteroatoms. The molecule has 2 aromatic carbocycles. The summed E-state index contributed by atoms with van der Waals surface area (Å²) < 4.78 is 5.88. The second-order valence-electron chi connectivity index (χ2n) is 9.85. The Morgan fingerprint density at radius 2 is 1.70 bits per heavy atom. The minimum absolute atomic E-state index is 0.137. The van der Waals surface area contributed by atoms with E-state index in [0.717, 1.165) is 34.5 Å². The molecule has 154 valence electrons. The van der Waals surface area contributed by atoms with Crippen LogP contribution in [0.25, 0.3) is 22.6 Å². The normalized spacial score (nSPS) is 29.4. The molecule has 0 spiro atoms. The lowest BCUT2D eigenvalue weighted by Crippen LogP contribution is -2.47. The summed E-state index contributed by atoms with van der Waals surface area (Å²) in [5, 5.41) is 3.81. The van der Waals surface area contributed by atoms with Gasteiger partial charge in [0.15, 0.2) is 5.58 Å². The highest BCUT2D eigenvalue weighted by Gasteiger charge is 2.51. The van der Waals surface area contributed by atoms with Crippen LogP contribution in [0.3, 0.4) is 0 Å². The zero-order valence-electron chi connectivity index (χ0n) is 16.9. The van der Waals surface area contributed by atoms with Gasteiger partial charge >= 0.3 is 0 Å². The number of carbonyl (C=O) groups is 1. The number of nitrogens with one attached hydrogen (secondary N) is 1. The number of oxazole rings is 1. The standard InChI is InChI=1S/C25H25ClN2O2/c26-19-3-1-18(2-4-19)24-28-21-10-20(5-6-22(21)30-24)27-23(29)14-25-11-15-7-16(12-25)9-17(8-15)13-25/h1-6,10,15-17H,7-9,11-14H2,(H,27,29). The molecule has 0 aliphatic heterocycles. The molecule has 4 aliphatic carbocycles. The van der Waals surface area contributed by atoms with Crippen LogP contribution in [-0.2, 0) is 4.79 Å². The first-order valence-electron chi connectivity index (χ1n) is 11.0. The third-order valence-electron chi connectivity index (χ3n) is 7.46. The second kappa shape index (κ2) is 6.84. The summed E-state index contributed by atoms with van der Waals surface area (Å²) in [6.45, 7) is 0. The van der Waals surface area contributed by atoms with E-state index in [0.29, 0.717) is 22.9 Å². The average Bonchev–Trinajstić information content (AvgIpc) is 3.10. The summed E-state index contributed by atoms with van der Waals surface area (Å²) in [5.41, 5.74) is 3.36. The monoisotopic (exact) mass is 420 g/mol. The van der Waals surface area contributed by atoms with Crippen molar-refractivity contribution in [2.45, 2.75) is 44.9 Å². The molecule has 30 heavy (non-hydrogen) atoms. The van der Waals surface area contributed by atoms with Gasteiger partial charge in [-0.2, -0.15) is 0 Å². The highest BCUT2D eigenvalue weighted by Crippen LogP contribution is 2.61. The van der Waals surface area contributed by atoms with Crippen LogP contribution in [0.5, 0.6) is 0 Å². The quantitative estimate of drug-likeness (QED) is 0.511. The summed E-state index contributed by atoms with van der Waals surface area (Å²) in [6, 6.07) is 13.1. The molecule has 4 fully saturated rings. The van der Waals surface area contributed by atoms with Crippen LogP contribution in [0.2, 0.25) is 5.02 Å². The zero-order chi connectivity index (χ0) is 20.3. The van der Waals surface area contributed by atoms with Gasteiger partial charge in [0.2, 0.25) is 11.8 Å². The molecule has 1 N–H and O–H groups in total. The van der Waals surface area contributed by atoms with Crippen molar-refractivity contribution in [3.05, 3.63) is 47.5 Å². The number of amides is 1. The molecule has 1 aromatic heterocycles. The van der Waals surface area contributed by atoms with E-state index in [9.17, 15) is 4.79 Å². The summed E-state index contributed by atoms with van der Waals surface area (Å²) >= 11 is 5.97. The van der Waals surface area contributed by atoms with E-state index in [-0.39, 0.29) is 11.3 Å². The first-order chi connectivity index (χ1) is 14.5. The van der Waals surface area contributed by atoms with E-state index in [1.165, 1.54) is 38.5 Å². The molecule has 4 aliphatic rings. The van der Waals surface area contributed by atoms with Crippen molar-refractivity contribution in [1.29, 1.82) is 0 Å². The Kier molecular flexibility index (Phi) is 4.21. The van der Waals surface area contributed by atoms with Gasteiger partial charge in [-0.05, 0) is 104 Å². The van der Waals surface area contributed by atoms with E-state index in [1.54, 1.807) is 0 Å². The lowest BCUT2D eigenvalue weighted by atomic mass is 9.49. The molecule has 0 unspecified atom stereocenters. The fourth-order valence-corrected chi connectivity index (χ4v) is 6.90. The van der Waals surface area contributed by atoms with Crippen LogP contribution in [0.4, 0.5) is 5.69 Å². The largest absolute Gasteiger partial charge is 0.436 e. The van der Waals surface area contributed by atoms with Gasteiger partial charge in [-0.3, -0.25) is 4.79 Å². The van der Waals surface area contributed by atoms with Crippen molar-refractivity contribution in [3.8, 4) is 11.5 Å². The SMILES string of the molecule is O=C(CC12CC3CC(CC(C3)C1)C2)Nc1ccc2oc(-c3ccc(Cl)cc3)nc2c1. The van der Waals surface area contributed by atoms with Crippen LogP contribution in [0.15, 0.2) is 46.9 Å². The molecule has 0 saturated heterocycles. The predicted molar refractivity (Wildman–Crippen MR) is 118 cm³/mol. The summed E-state index contributed by atoms with van der Waals surface area (Å²) in [4.78, 5) is 17.5. The average molecular weight is 421 g/mol. The molecule has 4 nitrogen and oxygen atoms in total. The first kappa shape index (κ1) is 18.4. The lowest BCUT2D eigenvalue weighted by molar-refractivity contribution is -0.124. The van der Waals surface area contributed by atoms with Gasteiger partial charge < -0.3 is 9.73 Å². The van der Waals surface area contributed by atoms with Gasteiger partial charge in [0.05, 0.1) is 0 Å². The Morgan fingerprint density at radius 1 is 1.03 bits per heavy atom. The smallest absolute Gasteiger partial charge is 0.227 e. The molecule has 0 radical (unpaired) electrons. The minimum atomic E-state index is 0.137. The van der Waals surface area contributed by atoms with Crippen LogP contribution in [-0.4, -0.2) is 10.9 Å². The maximum Gasteiger partial charge on any atom is 0.227 e. The number of anilines is 1. The third kappa shape index (κ3) is 3.31. The van der Waals surface area contributed by atoms with Crippen LogP contribution in [0, 0.1) is 23.2 Å².